The lowest BCUT2D eigenvalue weighted by Crippen LogP contribution is -2.72. The quantitative estimate of drug-likeness (QED) is 0.555. The summed E-state index contributed by atoms with van der Waals surface area (Å²) in [7, 11) is 1.35. The fourth-order valence-electron chi connectivity index (χ4n) is 5.39. The highest BCUT2D eigenvalue weighted by Crippen LogP contribution is 2.43. The van der Waals surface area contributed by atoms with Gasteiger partial charge in [0, 0.05) is 24.6 Å². The molecule has 0 aliphatic carbocycles. The van der Waals surface area contributed by atoms with Crippen LogP contribution in [0.4, 0.5) is 4.39 Å². The smallest absolute Gasteiger partial charge is 0.337 e. The molecule has 1 N–H and O–H groups in total. The van der Waals surface area contributed by atoms with Gasteiger partial charge in [-0.25, -0.2) is 9.18 Å². The number of nitrogens with zero attached hydrogens (tertiary/aromatic N) is 2. The summed E-state index contributed by atoms with van der Waals surface area (Å²) in [6.07, 6.45) is 0. The third-order valence-corrected chi connectivity index (χ3v) is 7.08. The fourth-order valence-corrected chi connectivity index (χ4v) is 5.39. The van der Waals surface area contributed by atoms with E-state index in [0.29, 0.717) is 24.2 Å². The van der Waals surface area contributed by atoms with Crippen LogP contribution in [0.3, 0.4) is 0 Å². The van der Waals surface area contributed by atoms with Crippen molar-refractivity contribution in [3.8, 4) is 11.1 Å². The van der Waals surface area contributed by atoms with Gasteiger partial charge >= 0.3 is 5.97 Å². The maximum absolute atomic E-state index is 14.2. The zero-order valence-corrected chi connectivity index (χ0v) is 19.4. The Morgan fingerprint density at radius 1 is 1.06 bits per heavy atom. The molecule has 0 bridgehead atoms. The van der Waals surface area contributed by atoms with Crippen molar-refractivity contribution in [2.24, 2.45) is 0 Å². The van der Waals surface area contributed by atoms with E-state index in [9.17, 15) is 19.1 Å². The summed E-state index contributed by atoms with van der Waals surface area (Å²) < 4.78 is 18.9. The Hall–Kier alpha value is -3.55. The van der Waals surface area contributed by atoms with Gasteiger partial charge in [0.15, 0.2) is 0 Å². The number of fused-ring (bicyclic) bond motifs is 1. The van der Waals surface area contributed by atoms with Crippen molar-refractivity contribution in [3.63, 3.8) is 0 Å². The first-order chi connectivity index (χ1) is 17.0. The van der Waals surface area contributed by atoms with Gasteiger partial charge in [-0.15, -0.1) is 0 Å². The second-order valence-corrected chi connectivity index (χ2v) is 9.10. The van der Waals surface area contributed by atoms with E-state index in [0.717, 1.165) is 16.7 Å². The van der Waals surface area contributed by atoms with Crippen molar-refractivity contribution in [2.45, 2.75) is 24.5 Å². The molecule has 0 saturated carbocycles. The number of ether oxygens (including phenoxy) is 1. The van der Waals surface area contributed by atoms with E-state index < -0.39 is 0 Å². The first-order valence-corrected chi connectivity index (χ1v) is 11.7. The number of methoxy groups -OCH3 is 1. The van der Waals surface area contributed by atoms with Crippen LogP contribution in [0.25, 0.3) is 11.1 Å². The highest BCUT2D eigenvalue weighted by Gasteiger charge is 2.53. The summed E-state index contributed by atoms with van der Waals surface area (Å²) in [6.45, 7) is 1.45. The van der Waals surface area contributed by atoms with E-state index in [-0.39, 0.29) is 48.8 Å². The Balaban J connectivity index is 1.32. The van der Waals surface area contributed by atoms with Crippen molar-refractivity contribution in [2.75, 3.05) is 26.8 Å². The number of hydrogen-bond acceptors (Lipinski definition) is 5. The molecule has 2 aliphatic rings. The highest BCUT2D eigenvalue weighted by molar-refractivity contribution is 5.89. The van der Waals surface area contributed by atoms with Crippen LogP contribution in [0.2, 0.25) is 0 Å². The number of halogens is 1. The van der Waals surface area contributed by atoms with Crippen LogP contribution in [0, 0.1) is 5.82 Å². The van der Waals surface area contributed by atoms with Crippen molar-refractivity contribution in [3.05, 3.63) is 95.3 Å². The monoisotopic (exact) mass is 474 g/mol. The molecule has 180 valence electrons. The second kappa shape index (κ2) is 9.60. The second-order valence-electron chi connectivity index (χ2n) is 9.10. The third-order valence-electron chi connectivity index (χ3n) is 7.08. The lowest BCUT2D eigenvalue weighted by Gasteiger charge is -2.59. The average molecular weight is 475 g/mol. The maximum atomic E-state index is 14.2. The number of rotatable bonds is 6. The number of carbonyl (C=O) groups is 2. The molecule has 5 rings (SSSR count). The van der Waals surface area contributed by atoms with Gasteiger partial charge in [-0.2, -0.15) is 0 Å². The standard InChI is InChI=1S/C28H27FN2O4/c1-35-28(34)21-8-6-18(7-9-21)14-30-15-24-27(25(17-32)31(24)26(33)16-30)20-12-10-19(11-13-20)22-4-2-3-5-23(22)29/h2-13,24-25,27,32H,14-17H2,1H3/t24-,25-,27-/m1/s1. The van der Waals surface area contributed by atoms with E-state index in [1.54, 1.807) is 24.3 Å². The third kappa shape index (κ3) is 4.33. The molecular weight excluding hydrogens is 447 g/mol. The van der Waals surface area contributed by atoms with Gasteiger partial charge in [-0.3, -0.25) is 9.69 Å². The maximum Gasteiger partial charge on any atom is 0.337 e. The normalized spacial score (nSPS) is 21.9. The number of piperazine rings is 1. The Labute approximate surface area is 203 Å². The molecule has 6 nitrogen and oxygen atoms in total. The van der Waals surface area contributed by atoms with Crippen LogP contribution >= 0.6 is 0 Å². The van der Waals surface area contributed by atoms with Crippen LogP contribution in [0.15, 0.2) is 72.8 Å². The van der Waals surface area contributed by atoms with Crippen molar-refractivity contribution < 1.29 is 23.8 Å². The van der Waals surface area contributed by atoms with Crippen LogP contribution in [-0.2, 0) is 16.1 Å². The van der Waals surface area contributed by atoms with Crippen LogP contribution in [0.1, 0.15) is 27.4 Å². The largest absolute Gasteiger partial charge is 0.465 e. The molecule has 35 heavy (non-hydrogen) atoms. The summed E-state index contributed by atoms with van der Waals surface area (Å²) in [5.74, 6) is -0.640. The lowest BCUT2D eigenvalue weighted by molar-refractivity contribution is -0.162. The Kier molecular flexibility index (Phi) is 6.36. The van der Waals surface area contributed by atoms with Gasteiger partial charge in [0.25, 0.3) is 0 Å². The van der Waals surface area contributed by atoms with Crippen molar-refractivity contribution in [1.82, 2.24) is 9.80 Å². The fraction of sp³-hybridized carbons (Fsp3) is 0.286. The Morgan fingerprint density at radius 3 is 2.43 bits per heavy atom. The van der Waals surface area contributed by atoms with Gasteiger partial charge < -0.3 is 14.7 Å². The molecule has 2 aliphatic heterocycles. The molecule has 0 radical (unpaired) electrons. The molecule has 2 heterocycles. The molecule has 1 amide bonds. The first-order valence-electron chi connectivity index (χ1n) is 11.7. The van der Waals surface area contributed by atoms with Gasteiger partial charge in [-0.1, -0.05) is 54.6 Å². The number of hydrogen-bond donors (Lipinski definition) is 1. The SMILES string of the molecule is COC(=O)c1ccc(CN2CC(=O)N3[C@H](CO)[C@H](c4ccc(-c5ccccc5F)cc4)[C@H]3C2)cc1. The minimum atomic E-state index is -0.381. The molecule has 7 heteroatoms. The average Bonchev–Trinajstić information content (AvgIpc) is 2.86. The number of amides is 1. The minimum Gasteiger partial charge on any atom is -0.465 e. The Morgan fingerprint density at radius 2 is 1.77 bits per heavy atom. The minimum absolute atomic E-state index is 0.00289. The molecule has 0 unspecified atom stereocenters. The van der Waals surface area contributed by atoms with Gasteiger partial charge in [0.2, 0.25) is 5.91 Å². The van der Waals surface area contributed by atoms with Crippen molar-refractivity contribution >= 4 is 11.9 Å². The molecule has 3 atom stereocenters. The summed E-state index contributed by atoms with van der Waals surface area (Å²) in [5, 5.41) is 10.0. The number of aliphatic hydroxyl groups excluding tert-OH is 1. The van der Waals surface area contributed by atoms with Crippen LogP contribution in [-0.4, -0.2) is 65.7 Å². The van der Waals surface area contributed by atoms with Crippen LogP contribution in [0.5, 0.6) is 0 Å². The number of benzene rings is 3. The molecule has 2 fully saturated rings. The zero-order chi connectivity index (χ0) is 24.5. The van der Waals surface area contributed by atoms with Gasteiger partial charge in [0.1, 0.15) is 5.82 Å². The summed E-state index contributed by atoms with van der Waals surface area (Å²) in [6, 6.07) is 21.3. The van der Waals surface area contributed by atoms with Gasteiger partial charge in [-0.05, 0) is 34.9 Å². The van der Waals surface area contributed by atoms with Crippen molar-refractivity contribution in [1.29, 1.82) is 0 Å². The molecule has 2 saturated heterocycles. The van der Waals surface area contributed by atoms with E-state index in [2.05, 4.69) is 4.90 Å². The number of aliphatic hydroxyl groups is 1. The summed E-state index contributed by atoms with van der Waals surface area (Å²) >= 11 is 0. The zero-order valence-electron chi connectivity index (χ0n) is 19.4. The molecule has 3 aromatic carbocycles. The highest BCUT2D eigenvalue weighted by atomic mass is 19.1. The van der Waals surface area contributed by atoms with E-state index in [1.165, 1.54) is 13.2 Å². The molecular formula is C28H27FN2O4. The van der Waals surface area contributed by atoms with E-state index in [1.807, 2.05) is 47.4 Å². The lowest BCUT2D eigenvalue weighted by atomic mass is 9.73. The van der Waals surface area contributed by atoms with Crippen LogP contribution < -0.4 is 0 Å². The predicted molar refractivity (Wildman–Crippen MR) is 129 cm³/mol. The molecule has 3 aromatic rings. The Bertz CT molecular complexity index is 1230. The van der Waals surface area contributed by atoms with E-state index in [4.69, 9.17) is 4.74 Å². The number of esters is 1. The molecule has 0 spiro atoms. The summed E-state index contributed by atoms with van der Waals surface area (Å²) in [5.41, 5.74) is 3.86. The predicted octanol–water partition coefficient (Wildman–Crippen LogP) is 3.45. The first kappa shape index (κ1) is 23.2. The van der Waals surface area contributed by atoms with Gasteiger partial charge in [0.05, 0.1) is 37.9 Å². The number of carbonyl (C=O) groups excluding carboxylic acids is 2. The molecule has 0 aromatic heterocycles. The topological polar surface area (TPSA) is 70.1 Å². The van der Waals surface area contributed by atoms with E-state index >= 15 is 0 Å². The summed E-state index contributed by atoms with van der Waals surface area (Å²) in [4.78, 5) is 28.5.